The molecule has 0 unspecified atom stereocenters. The molecule has 0 aliphatic rings. The van der Waals surface area contributed by atoms with E-state index in [0.29, 0.717) is 0 Å². The summed E-state index contributed by atoms with van der Waals surface area (Å²) in [5.41, 5.74) is -0.631. The Balaban J connectivity index is 4.32. The van der Waals surface area contributed by atoms with E-state index in [1.54, 1.807) is 20.8 Å². The fourth-order valence-electron chi connectivity index (χ4n) is 1.14. The number of alkyl carbamates (subject to hydrolysis) is 1. The topological polar surface area (TPSA) is 84.9 Å². The van der Waals surface area contributed by atoms with Gasteiger partial charge in [-0.15, -0.1) is 0 Å². The first kappa shape index (κ1) is 16.3. The Bertz CT molecular complexity index is 319. The van der Waals surface area contributed by atoms with Gasteiger partial charge in [-0.3, -0.25) is 4.79 Å². The Hall–Kier alpha value is -1.72. The van der Waals surface area contributed by atoms with Crippen LogP contribution in [0.5, 0.6) is 0 Å². The number of amides is 1. The van der Waals surface area contributed by atoms with Crippen molar-refractivity contribution in [2.45, 2.75) is 45.3 Å². The van der Waals surface area contributed by atoms with Crippen molar-refractivity contribution < 1.29 is 24.2 Å². The summed E-state index contributed by atoms with van der Waals surface area (Å²) in [6.45, 7) is 8.52. The minimum atomic E-state index is -0.737. The molecule has 18 heavy (non-hydrogen) atoms. The van der Waals surface area contributed by atoms with Crippen LogP contribution in [0.25, 0.3) is 0 Å². The molecule has 6 nitrogen and oxygen atoms in total. The number of carbonyl (C=O) groups is 2. The Morgan fingerprint density at radius 2 is 1.94 bits per heavy atom. The highest BCUT2D eigenvalue weighted by Gasteiger charge is 2.21. The molecule has 0 aromatic heterocycles. The molecule has 6 heteroatoms. The van der Waals surface area contributed by atoms with Gasteiger partial charge in [-0.05, 0) is 27.2 Å². The molecule has 104 valence electrons. The van der Waals surface area contributed by atoms with Crippen LogP contribution in [0.1, 0.15) is 33.6 Å². The van der Waals surface area contributed by atoms with Crippen LogP contribution in [-0.4, -0.2) is 35.9 Å². The molecule has 0 rings (SSSR count). The normalized spacial score (nSPS) is 12.4. The molecular formula is C12H21NO5. The fraction of sp³-hybridized carbons (Fsp3) is 0.667. The third-order valence-electron chi connectivity index (χ3n) is 1.96. The van der Waals surface area contributed by atoms with Crippen molar-refractivity contribution in [1.82, 2.24) is 5.32 Å². The number of esters is 1. The molecule has 1 atom stereocenters. The van der Waals surface area contributed by atoms with E-state index in [0.717, 1.165) is 0 Å². The highest BCUT2D eigenvalue weighted by molar-refractivity contribution is 5.70. The average molecular weight is 259 g/mol. The van der Waals surface area contributed by atoms with E-state index >= 15 is 0 Å². The highest BCUT2D eigenvalue weighted by Crippen LogP contribution is 2.10. The summed E-state index contributed by atoms with van der Waals surface area (Å²) in [4.78, 5) is 22.5. The lowest BCUT2D eigenvalue weighted by atomic mass is 10.1. The first-order valence-corrected chi connectivity index (χ1v) is 5.60. The van der Waals surface area contributed by atoms with Crippen molar-refractivity contribution in [1.29, 1.82) is 0 Å². The van der Waals surface area contributed by atoms with Crippen LogP contribution in [0, 0.1) is 0 Å². The number of methoxy groups -OCH3 is 1. The molecule has 0 aromatic carbocycles. The summed E-state index contributed by atoms with van der Waals surface area (Å²) in [5.74, 6) is -0.656. The van der Waals surface area contributed by atoms with Crippen LogP contribution in [0.2, 0.25) is 0 Å². The van der Waals surface area contributed by atoms with Crippen molar-refractivity contribution in [3.8, 4) is 0 Å². The van der Waals surface area contributed by atoms with Crippen LogP contribution in [-0.2, 0) is 14.3 Å². The molecule has 0 aliphatic carbocycles. The molecule has 0 aromatic rings. The van der Waals surface area contributed by atoms with Crippen LogP contribution in [0.15, 0.2) is 12.3 Å². The highest BCUT2D eigenvalue weighted by atomic mass is 16.6. The van der Waals surface area contributed by atoms with E-state index in [1.807, 2.05) is 0 Å². The van der Waals surface area contributed by atoms with Crippen molar-refractivity contribution >= 4 is 12.1 Å². The van der Waals surface area contributed by atoms with E-state index in [4.69, 9.17) is 4.74 Å². The standard InChI is InChI=1S/C12H21NO5/c1-8(14)9(6-7-10(15)17-5)13-11(16)18-12(2,3)4/h9,14H,1,6-7H2,2-5H3,(H,13,16)/t9-/m0/s1. The second-order valence-electron chi connectivity index (χ2n) is 4.80. The molecule has 0 radical (unpaired) electrons. The maximum Gasteiger partial charge on any atom is 0.408 e. The zero-order valence-corrected chi connectivity index (χ0v) is 11.3. The SMILES string of the molecule is C=C(O)[C@H](CCC(=O)OC)NC(=O)OC(C)(C)C. The molecule has 0 fully saturated rings. The van der Waals surface area contributed by atoms with Gasteiger partial charge in [0.25, 0.3) is 0 Å². The lowest BCUT2D eigenvalue weighted by Gasteiger charge is -2.23. The van der Waals surface area contributed by atoms with Crippen molar-refractivity contribution in [2.24, 2.45) is 0 Å². The number of ether oxygens (including phenoxy) is 2. The number of aliphatic hydroxyl groups is 1. The van der Waals surface area contributed by atoms with Gasteiger partial charge in [0, 0.05) is 6.42 Å². The largest absolute Gasteiger partial charge is 0.511 e. The number of hydrogen-bond acceptors (Lipinski definition) is 5. The third-order valence-corrected chi connectivity index (χ3v) is 1.96. The molecule has 0 bridgehead atoms. The molecule has 0 spiro atoms. The predicted molar refractivity (Wildman–Crippen MR) is 66.2 cm³/mol. The summed E-state index contributed by atoms with van der Waals surface area (Å²) >= 11 is 0. The first-order valence-electron chi connectivity index (χ1n) is 5.60. The van der Waals surface area contributed by atoms with Gasteiger partial charge in [0.2, 0.25) is 0 Å². The average Bonchev–Trinajstić information content (AvgIpc) is 2.20. The maximum atomic E-state index is 11.5. The number of rotatable bonds is 5. The Labute approximate surface area is 107 Å². The molecule has 2 N–H and O–H groups in total. The number of hydrogen-bond donors (Lipinski definition) is 2. The maximum absolute atomic E-state index is 11.5. The third kappa shape index (κ3) is 7.54. The van der Waals surface area contributed by atoms with Gasteiger partial charge in [-0.25, -0.2) is 4.79 Å². The van der Waals surface area contributed by atoms with Gasteiger partial charge in [-0.1, -0.05) is 6.58 Å². The second-order valence-corrected chi connectivity index (χ2v) is 4.80. The van der Waals surface area contributed by atoms with E-state index < -0.39 is 23.7 Å². The molecule has 1 amide bonds. The van der Waals surface area contributed by atoms with E-state index in [2.05, 4.69) is 16.6 Å². The molecule has 0 aliphatic heterocycles. The fourth-order valence-corrected chi connectivity index (χ4v) is 1.14. The van der Waals surface area contributed by atoms with Gasteiger partial charge >= 0.3 is 12.1 Å². The van der Waals surface area contributed by atoms with E-state index in [1.165, 1.54) is 7.11 Å². The predicted octanol–water partition coefficient (Wildman–Crippen LogP) is 1.90. The van der Waals surface area contributed by atoms with Gasteiger partial charge in [0.05, 0.1) is 13.2 Å². The Morgan fingerprint density at radius 3 is 2.33 bits per heavy atom. The zero-order chi connectivity index (χ0) is 14.3. The molecule has 0 saturated carbocycles. The van der Waals surface area contributed by atoms with Crippen LogP contribution >= 0.6 is 0 Å². The molecular weight excluding hydrogens is 238 g/mol. The summed E-state index contributed by atoms with van der Waals surface area (Å²) in [6.07, 6.45) is -0.412. The molecule has 0 heterocycles. The van der Waals surface area contributed by atoms with Crippen LogP contribution in [0.3, 0.4) is 0 Å². The van der Waals surface area contributed by atoms with Crippen LogP contribution < -0.4 is 5.32 Å². The quantitative estimate of drug-likeness (QED) is 0.582. The first-order chi connectivity index (χ1) is 8.15. The number of nitrogens with one attached hydrogen (secondary N) is 1. The van der Waals surface area contributed by atoms with Crippen LogP contribution in [0.4, 0.5) is 4.79 Å². The summed E-state index contributed by atoms with van der Waals surface area (Å²) < 4.78 is 9.50. The number of carbonyl (C=O) groups excluding carboxylic acids is 2. The van der Waals surface area contributed by atoms with Crippen molar-refractivity contribution in [3.05, 3.63) is 12.3 Å². The van der Waals surface area contributed by atoms with E-state index in [9.17, 15) is 14.7 Å². The van der Waals surface area contributed by atoms with Gasteiger partial charge in [0.15, 0.2) is 0 Å². The van der Waals surface area contributed by atoms with E-state index in [-0.39, 0.29) is 18.6 Å². The minimum Gasteiger partial charge on any atom is -0.511 e. The minimum absolute atomic E-state index is 0.0660. The summed E-state index contributed by atoms with van der Waals surface area (Å²) in [5, 5.41) is 11.8. The lowest BCUT2D eigenvalue weighted by Crippen LogP contribution is -2.40. The Kier molecular flexibility index (Phi) is 6.22. The van der Waals surface area contributed by atoms with Crippen molar-refractivity contribution in [2.75, 3.05) is 7.11 Å². The summed E-state index contributed by atoms with van der Waals surface area (Å²) in [7, 11) is 1.27. The van der Waals surface area contributed by atoms with Gasteiger partial charge < -0.3 is 19.9 Å². The van der Waals surface area contributed by atoms with Gasteiger partial charge in [0.1, 0.15) is 11.4 Å². The van der Waals surface area contributed by atoms with Gasteiger partial charge in [-0.2, -0.15) is 0 Å². The Morgan fingerprint density at radius 1 is 1.39 bits per heavy atom. The monoisotopic (exact) mass is 259 g/mol. The second kappa shape index (κ2) is 6.88. The summed E-state index contributed by atoms with van der Waals surface area (Å²) in [6, 6.07) is -0.737. The molecule has 0 saturated heterocycles. The smallest absolute Gasteiger partial charge is 0.408 e. The lowest BCUT2D eigenvalue weighted by molar-refractivity contribution is -0.140. The number of aliphatic hydroxyl groups excluding tert-OH is 1. The zero-order valence-electron chi connectivity index (χ0n) is 11.3. The van der Waals surface area contributed by atoms with Crippen molar-refractivity contribution in [3.63, 3.8) is 0 Å².